The van der Waals surface area contributed by atoms with Gasteiger partial charge in [0, 0.05) is 18.0 Å². The van der Waals surface area contributed by atoms with Gasteiger partial charge in [0.15, 0.2) is 11.5 Å². The molecule has 10 heteroatoms. The smallest absolute Gasteiger partial charge is 0.240 e. The number of nitrogens with two attached hydrogens (primary N) is 2. The van der Waals surface area contributed by atoms with Crippen LogP contribution in [0.15, 0.2) is 23.3 Å². The lowest BCUT2D eigenvalue weighted by atomic mass is 9.89. The van der Waals surface area contributed by atoms with Gasteiger partial charge in [0.05, 0.1) is 6.54 Å². The predicted octanol–water partition coefficient (Wildman–Crippen LogP) is 0.602. The number of nitrogens with zero attached hydrogens (tertiary/aromatic N) is 4. The third-order valence-corrected chi connectivity index (χ3v) is 5.99. The summed E-state index contributed by atoms with van der Waals surface area (Å²) in [4.78, 5) is 7.93. The monoisotopic (exact) mass is 352 g/mol. The van der Waals surface area contributed by atoms with E-state index >= 15 is 0 Å². The quantitative estimate of drug-likeness (QED) is 0.836. The topological polar surface area (TPSA) is 129 Å². The van der Waals surface area contributed by atoms with E-state index in [0.717, 1.165) is 0 Å². The van der Waals surface area contributed by atoms with E-state index in [2.05, 4.69) is 15.1 Å². The minimum absolute atomic E-state index is 0.00818. The summed E-state index contributed by atoms with van der Waals surface area (Å²) in [6.45, 7) is 3.52. The van der Waals surface area contributed by atoms with Crippen LogP contribution in [0.3, 0.4) is 0 Å². The van der Waals surface area contributed by atoms with Crippen molar-refractivity contribution < 1.29 is 12.8 Å². The molecule has 24 heavy (non-hydrogen) atoms. The zero-order chi connectivity index (χ0) is 17.7. The molecule has 1 aliphatic rings. The van der Waals surface area contributed by atoms with Crippen molar-refractivity contribution in [2.45, 2.75) is 18.6 Å². The first-order valence-corrected chi connectivity index (χ1v) is 8.75. The summed E-state index contributed by atoms with van der Waals surface area (Å²) in [5.74, 6) is -0.990. The maximum absolute atomic E-state index is 14.2. The number of hydrogen-bond donors (Lipinski definition) is 2. The van der Waals surface area contributed by atoms with E-state index in [1.807, 2.05) is 0 Å². The van der Waals surface area contributed by atoms with Gasteiger partial charge >= 0.3 is 0 Å². The van der Waals surface area contributed by atoms with Crippen molar-refractivity contribution >= 4 is 33.4 Å². The molecule has 1 atom stereocenters. The number of aliphatic imine (C=N–C) groups is 1. The van der Waals surface area contributed by atoms with Crippen LogP contribution in [0.4, 0.5) is 10.3 Å². The Bertz CT molecular complexity index is 979. The Morgan fingerprint density at radius 1 is 1.42 bits per heavy atom. The molecule has 8 nitrogen and oxygen atoms in total. The number of sulfonamides is 1. The zero-order valence-electron chi connectivity index (χ0n) is 13.1. The fourth-order valence-electron chi connectivity index (χ4n) is 2.76. The van der Waals surface area contributed by atoms with Crippen molar-refractivity contribution in [1.82, 2.24) is 14.6 Å². The number of fused-ring (bicyclic) bond motifs is 1. The van der Waals surface area contributed by atoms with Crippen LogP contribution in [0.2, 0.25) is 0 Å². The van der Waals surface area contributed by atoms with E-state index in [1.54, 1.807) is 13.8 Å². The SMILES string of the molecule is CC(C)C1(S(N)(=O)=O)C=C(c2cc(F)c3nc(N)nn3c2)C=NC1. The maximum atomic E-state index is 14.2. The van der Waals surface area contributed by atoms with Gasteiger partial charge in [0.1, 0.15) is 4.75 Å². The molecule has 0 aliphatic carbocycles. The van der Waals surface area contributed by atoms with Gasteiger partial charge in [-0.1, -0.05) is 19.9 Å². The Kier molecular flexibility index (Phi) is 3.68. The molecule has 2 aromatic rings. The number of anilines is 1. The fraction of sp³-hybridized carbons (Fsp3) is 0.357. The third kappa shape index (κ3) is 2.47. The van der Waals surface area contributed by atoms with Gasteiger partial charge in [-0.15, -0.1) is 5.10 Å². The highest BCUT2D eigenvalue weighted by molar-refractivity contribution is 7.90. The third-order valence-electron chi connectivity index (χ3n) is 4.21. The summed E-state index contributed by atoms with van der Waals surface area (Å²) >= 11 is 0. The van der Waals surface area contributed by atoms with Crippen LogP contribution < -0.4 is 10.9 Å². The molecule has 3 rings (SSSR count). The molecule has 0 bridgehead atoms. The lowest BCUT2D eigenvalue weighted by molar-refractivity contribution is 0.468. The Morgan fingerprint density at radius 3 is 2.75 bits per heavy atom. The lowest BCUT2D eigenvalue weighted by Gasteiger charge is -2.33. The van der Waals surface area contributed by atoms with Crippen molar-refractivity contribution in [2.24, 2.45) is 16.0 Å². The molecular formula is C14H17FN6O2S. The molecule has 0 fully saturated rings. The minimum atomic E-state index is -3.91. The molecular weight excluding hydrogens is 335 g/mol. The molecule has 0 saturated carbocycles. The number of hydrogen-bond acceptors (Lipinski definition) is 6. The van der Waals surface area contributed by atoms with Crippen molar-refractivity contribution in [1.29, 1.82) is 0 Å². The number of dihydropyridines is 1. The average molecular weight is 352 g/mol. The molecule has 2 aromatic heterocycles. The number of aromatic nitrogens is 3. The van der Waals surface area contributed by atoms with Crippen molar-refractivity contribution in [2.75, 3.05) is 12.3 Å². The second-order valence-corrected chi connectivity index (χ2v) is 7.89. The first-order valence-electron chi connectivity index (χ1n) is 7.21. The highest BCUT2D eigenvalue weighted by Gasteiger charge is 2.44. The van der Waals surface area contributed by atoms with Gasteiger partial charge in [0.2, 0.25) is 16.0 Å². The van der Waals surface area contributed by atoms with Crippen LogP contribution >= 0.6 is 0 Å². The molecule has 128 valence electrons. The summed E-state index contributed by atoms with van der Waals surface area (Å²) in [5, 5.41) is 9.32. The Hall–Kier alpha value is -2.33. The maximum Gasteiger partial charge on any atom is 0.240 e. The predicted molar refractivity (Wildman–Crippen MR) is 89.4 cm³/mol. The normalized spacial score (nSPS) is 21.5. The zero-order valence-corrected chi connectivity index (χ0v) is 14.0. The van der Waals surface area contributed by atoms with E-state index in [0.29, 0.717) is 11.1 Å². The first kappa shape index (κ1) is 16.5. The number of pyridine rings is 1. The van der Waals surface area contributed by atoms with Gasteiger partial charge in [-0.25, -0.2) is 22.5 Å². The number of nitrogen functional groups attached to an aromatic ring is 1. The summed E-state index contributed by atoms with van der Waals surface area (Å²) in [7, 11) is -3.91. The van der Waals surface area contributed by atoms with Gasteiger partial charge in [0.25, 0.3) is 0 Å². The van der Waals surface area contributed by atoms with Crippen LogP contribution in [0.1, 0.15) is 19.4 Å². The number of primary sulfonamides is 1. The molecule has 0 spiro atoms. The summed E-state index contributed by atoms with van der Waals surface area (Å²) in [6.07, 6.45) is 4.53. The second-order valence-electron chi connectivity index (χ2n) is 6.04. The molecule has 0 radical (unpaired) electrons. The average Bonchev–Trinajstić information content (AvgIpc) is 2.87. The standard InChI is InChI=1S/C14H17FN6O2S/c1-8(2)14(24(17,22)23)4-10(5-18-7-14)9-3-11(15)12-19-13(16)20-21(12)6-9/h3-6,8H,7H2,1-2H3,(H2,16,20)(H2,17,22,23). The summed E-state index contributed by atoms with van der Waals surface area (Å²) in [6, 6.07) is 1.24. The van der Waals surface area contributed by atoms with Gasteiger partial charge in [-0.05, 0) is 17.6 Å². The molecule has 1 unspecified atom stereocenters. The highest BCUT2D eigenvalue weighted by atomic mass is 32.2. The molecule has 3 heterocycles. The molecule has 1 aliphatic heterocycles. The van der Waals surface area contributed by atoms with Crippen LogP contribution in [-0.4, -0.2) is 40.5 Å². The minimum Gasteiger partial charge on any atom is -0.366 e. The second kappa shape index (κ2) is 5.35. The number of allylic oxidation sites excluding steroid dienone is 1. The van der Waals surface area contributed by atoms with E-state index < -0.39 is 20.6 Å². The van der Waals surface area contributed by atoms with Gasteiger partial charge < -0.3 is 5.73 Å². The van der Waals surface area contributed by atoms with Crippen molar-refractivity contribution in [3.63, 3.8) is 0 Å². The number of halogens is 1. The molecule has 0 amide bonds. The van der Waals surface area contributed by atoms with E-state index in [1.165, 1.54) is 29.1 Å². The van der Waals surface area contributed by atoms with Crippen LogP contribution in [0.25, 0.3) is 11.2 Å². The van der Waals surface area contributed by atoms with Crippen LogP contribution in [-0.2, 0) is 10.0 Å². The molecule has 0 saturated heterocycles. The van der Waals surface area contributed by atoms with E-state index in [-0.39, 0.29) is 24.1 Å². The van der Waals surface area contributed by atoms with Gasteiger partial charge in [-0.2, -0.15) is 4.98 Å². The van der Waals surface area contributed by atoms with Crippen LogP contribution in [0, 0.1) is 11.7 Å². The van der Waals surface area contributed by atoms with E-state index in [4.69, 9.17) is 10.9 Å². The summed E-state index contributed by atoms with van der Waals surface area (Å²) < 4.78 is 38.4. The first-order chi connectivity index (χ1) is 11.1. The Morgan fingerprint density at radius 2 is 2.12 bits per heavy atom. The van der Waals surface area contributed by atoms with E-state index in [9.17, 15) is 12.8 Å². The largest absolute Gasteiger partial charge is 0.366 e. The van der Waals surface area contributed by atoms with Gasteiger partial charge in [-0.3, -0.25) is 4.99 Å². The Labute approximate surface area is 138 Å². The van der Waals surface area contributed by atoms with Crippen molar-refractivity contribution in [3.8, 4) is 0 Å². The Balaban J connectivity index is 2.20. The fourth-order valence-corrected chi connectivity index (χ4v) is 3.96. The summed E-state index contributed by atoms with van der Waals surface area (Å²) in [5.41, 5.74) is 6.32. The highest BCUT2D eigenvalue weighted by Crippen LogP contribution is 2.33. The van der Waals surface area contributed by atoms with Crippen LogP contribution in [0.5, 0.6) is 0 Å². The van der Waals surface area contributed by atoms with Crippen molar-refractivity contribution in [3.05, 3.63) is 29.7 Å². The lowest BCUT2D eigenvalue weighted by Crippen LogP contribution is -2.50. The molecule has 4 N–H and O–H groups in total. The molecule has 0 aromatic carbocycles. The number of rotatable bonds is 3.